The predicted molar refractivity (Wildman–Crippen MR) is 158 cm³/mol. The van der Waals surface area contributed by atoms with Gasteiger partial charge in [0.15, 0.2) is 0 Å². The molecule has 0 radical (unpaired) electrons. The topological polar surface area (TPSA) is 96.0 Å². The molecule has 0 saturated heterocycles. The van der Waals surface area contributed by atoms with E-state index in [0.717, 1.165) is 21.9 Å². The maximum Gasteiger partial charge on any atom is 0.264 e. The van der Waals surface area contributed by atoms with Crippen LogP contribution in [0.3, 0.4) is 0 Å². The third kappa shape index (κ3) is 7.63. The first-order chi connectivity index (χ1) is 19.1. The molecule has 3 rings (SSSR count). The fourth-order valence-corrected chi connectivity index (χ4v) is 5.68. The van der Waals surface area contributed by atoms with E-state index in [1.165, 1.54) is 24.1 Å². The fourth-order valence-electron chi connectivity index (χ4n) is 4.27. The van der Waals surface area contributed by atoms with Crippen LogP contribution in [-0.4, -0.2) is 50.9 Å². The average molecular weight is 566 g/mol. The standard InChI is InChI=1S/C31H39N3O5S/c1-6-24(4)32-31(36)29(7-2)33(21-25-12-9-8-10-13-25)30(35)22-34(26-14-11-15-27(20-26)39-5)40(37,38)28-18-16-23(3)17-19-28/h8-20,24,29H,6-7,21-22H2,1-5H3,(H,32,36)/t24-,29-/m1/s1. The van der Waals surface area contributed by atoms with Crippen molar-refractivity contribution in [1.29, 1.82) is 0 Å². The Morgan fingerprint density at radius 3 is 2.20 bits per heavy atom. The van der Waals surface area contributed by atoms with Crippen LogP contribution in [0, 0.1) is 6.92 Å². The Hall–Kier alpha value is -3.85. The van der Waals surface area contributed by atoms with Crippen molar-refractivity contribution >= 4 is 27.5 Å². The van der Waals surface area contributed by atoms with Crippen molar-refractivity contribution in [2.24, 2.45) is 0 Å². The number of rotatable bonds is 13. The Kier molecular flexibility index (Phi) is 10.7. The van der Waals surface area contributed by atoms with E-state index in [9.17, 15) is 18.0 Å². The Labute approximate surface area is 238 Å². The highest BCUT2D eigenvalue weighted by molar-refractivity contribution is 7.92. The van der Waals surface area contributed by atoms with Gasteiger partial charge in [-0.2, -0.15) is 0 Å². The predicted octanol–water partition coefficient (Wildman–Crippen LogP) is 4.92. The van der Waals surface area contributed by atoms with E-state index in [1.807, 2.05) is 58.0 Å². The SMILES string of the molecule is CC[C@@H](C)NC(=O)[C@@H](CC)N(Cc1ccccc1)C(=O)CN(c1cccc(OC)c1)S(=O)(=O)c1ccc(C)cc1. The first-order valence-corrected chi connectivity index (χ1v) is 14.9. The molecule has 0 aliphatic carbocycles. The lowest BCUT2D eigenvalue weighted by atomic mass is 10.1. The molecule has 3 aromatic rings. The van der Waals surface area contributed by atoms with Gasteiger partial charge in [-0.15, -0.1) is 0 Å². The lowest BCUT2D eigenvalue weighted by molar-refractivity contribution is -0.140. The van der Waals surface area contributed by atoms with Crippen molar-refractivity contribution in [3.8, 4) is 5.75 Å². The highest BCUT2D eigenvalue weighted by atomic mass is 32.2. The minimum absolute atomic E-state index is 0.0601. The highest BCUT2D eigenvalue weighted by Gasteiger charge is 2.34. The third-order valence-electron chi connectivity index (χ3n) is 6.81. The summed E-state index contributed by atoms with van der Waals surface area (Å²) in [5.41, 5.74) is 2.03. The van der Waals surface area contributed by atoms with Crippen molar-refractivity contribution < 1.29 is 22.7 Å². The maximum atomic E-state index is 14.1. The quantitative estimate of drug-likeness (QED) is 0.317. The summed E-state index contributed by atoms with van der Waals surface area (Å²) in [4.78, 5) is 28.9. The molecule has 0 aromatic heterocycles. The zero-order chi connectivity index (χ0) is 29.3. The molecule has 3 aromatic carbocycles. The molecule has 0 aliphatic heterocycles. The van der Waals surface area contributed by atoms with Gasteiger partial charge in [0.2, 0.25) is 11.8 Å². The number of carbonyl (C=O) groups excluding carboxylic acids is 2. The van der Waals surface area contributed by atoms with Gasteiger partial charge >= 0.3 is 0 Å². The normalized spacial score (nSPS) is 12.7. The molecule has 0 bridgehead atoms. The molecule has 2 atom stereocenters. The minimum Gasteiger partial charge on any atom is -0.497 e. The van der Waals surface area contributed by atoms with Crippen molar-refractivity contribution in [3.63, 3.8) is 0 Å². The van der Waals surface area contributed by atoms with Gasteiger partial charge in [0.25, 0.3) is 10.0 Å². The maximum absolute atomic E-state index is 14.1. The van der Waals surface area contributed by atoms with E-state index in [0.29, 0.717) is 12.2 Å². The van der Waals surface area contributed by atoms with Crippen LogP contribution in [0.15, 0.2) is 83.8 Å². The third-order valence-corrected chi connectivity index (χ3v) is 8.60. The molecular weight excluding hydrogens is 526 g/mol. The number of benzene rings is 3. The number of sulfonamides is 1. The molecule has 0 saturated carbocycles. The Bertz CT molecular complexity index is 1380. The van der Waals surface area contributed by atoms with Gasteiger partial charge in [-0.25, -0.2) is 8.42 Å². The second-order valence-electron chi connectivity index (χ2n) is 9.78. The largest absolute Gasteiger partial charge is 0.497 e. The Morgan fingerprint density at radius 1 is 0.925 bits per heavy atom. The first kappa shape index (κ1) is 30.7. The summed E-state index contributed by atoms with van der Waals surface area (Å²) in [7, 11) is -2.65. The number of ether oxygens (including phenoxy) is 1. The van der Waals surface area contributed by atoms with Crippen LogP contribution in [-0.2, 0) is 26.2 Å². The van der Waals surface area contributed by atoms with Gasteiger partial charge in [0.1, 0.15) is 18.3 Å². The van der Waals surface area contributed by atoms with Gasteiger partial charge < -0.3 is 15.0 Å². The van der Waals surface area contributed by atoms with Crippen LogP contribution in [0.5, 0.6) is 5.75 Å². The number of anilines is 1. The molecule has 0 fully saturated rings. The highest BCUT2D eigenvalue weighted by Crippen LogP contribution is 2.28. The van der Waals surface area contributed by atoms with Gasteiger partial charge in [0.05, 0.1) is 17.7 Å². The number of carbonyl (C=O) groups is 2. The molecule has 214 valence electrons. The molecular formula is C31H39N3O5S. The number of methoxy groups -OCH3 is 1. The number of nitrogens with one attached hydrogen (secondary N) is 1. The summed E-state index contributed by atoms with van der Waals surface area (Å²) >= 11 is 0. The molecule has 40 heavy (non-hydrogen) atoms. The van der Waals surface area contributed by atoms with E-state index >= 15 is 0 Å². The molecule has 0 heterocycles. The summed E-state index contributed by atoms with van der Waals surface area (Å²) < 4.78 is 34.3. The average Bonchev–Trinajstić information content (AvgIpc) is 2.96. The lowest BCUT2D eigenvalue weighted by Crippen LogP contribution is -2.53. The van der Waals surface area contributed by atoms with E-state index in [-0.39, 0.29) is 29.1 Å². The number of hydrogen-bond acceptors (Lipinski definition) is 5. The number of amides is 2. The van der Waals surface area contributed by atoms with Crippen LogP contribution in [0.25, 0.3) is 0 Å². The van der Waals surface area contributed by atoms with Gasteiger partial charge in [-0.05, 0) is 56.5 Å². The lowest BCUT2D eigenvalue weighted by Gasteiger charge is -2.33. The van der Waals surface area contributed by atoms with Crippen LogP contribution < -0.4 is 14.4 Å². The van der Waals surface area contributed by atoms with Gasteiger partial charge in [-0.1, -0.05) is 67.9 Å². The van der Waals surface area contributed by atoms with E-state index < -0.39 is 28.5 Å². The van der Waals surface area contributed by atoms with Crippen LogP contribution >= 0.6 is 0 Å². The van der Waals surface area contributed by atoms with Crippen molar-refractivity contribution in [2.75, 3.05) is 18.0 Å². The number of nitrogens with zero attached hydrogens (tertiary/aromatic N) is 2. The first-order valence-electron chi connectivity index (χ1n) is 13.5. The monoisotopic (exact) mass is 565 g/mol. The summed E-state index contributed by atoms with van der Waals surface area (Å²) in [5.74, 6) is -0.307. The Morgan fingerprint density at radius 2 is 1.60 bits per heavy atom. The molecule has 9 heteroatoms. The van der Waals surface area contributed by atoms with Crippen molar-refractivity contribution in [1.82, 2.24) is 10.2 Å². The van der Waals surface area contributed by atoms with Crippen LogP contribution in [0.2, 0.25) is 0 Å². The van der Waals surface area contributed by atoms with E-state index in [1.54, 1.807) is 36.4 Å². The molecule has 0 unspecified atom stereocenters. The second-order valence-corrected chi connectivity index (χ2v) is 11.6. The van der Waals surface area contributed by atoms with Gasteiger partial charge in [0, 0.05) is 18.7 Å². The van der Waals surface area contributed by atoms with Crippen molar-refractivity contribution in [3.05, 3.63) is 90.0 Å². The van der Waals surface area contributed by atoms with E-state index in [4.69, 9.17) is 4.74 Å². The summed E-state index contributed by atoms with van der Waals surface area (Å²) in [6, 6.07) is 21.6. The smallest absolute Gasteiger partial charge is 0.264 e. The van der Waals surface area contributed by atoms with Crippen LogP contribution in [0.4, 0.5) is 5.69 Å². The fraction of sp³-hybridized carbons (Fsp3) is 0.355. The summed E-state index contributed by atoms with van der Waals surface area (Å²) in [6.07, 6.45) is 1.11. The minimum atomic E-state index is -4.14. The number of hydrogen-bond donors (Lipinski definition) is 1. The number of aryl methyl sites for hydroxylation is 1. The Balaban J connectivity index is 2.06. The van der Waals surface area contributed by atoms with Crippen LogP contribution in [0.1, 0.15) is 44.7 Å². The zero-order valence-corrected chi connectivity index (χ0v) is 24.6. The zero-order valence-electron chi connectivity index (χ0n) is 23.8. The summed E-state index contributed by atoms with van der Waals surface area (Å²) in [5, 5.41) is 2.98. The van der Waals surface area contributed by atoms with Crippen molar-refractivity contribution in [2.45, 2.75) is 64.1 Å². The second kappa shape index (κ2) is 14.0. The molecule has 0 aliphatic rings. The summed E-state index contributed by atoms with van der Waals surface area (Å²) in [6.45, 7) is 7.25. The molecule has 8 nitrogen and oxygen atoms in total. The van der Waals surface area contributed by atoms with E-state index in [2.05, 4.69) is 5.32 Å². The molecule has 0 spiro atoms. The van der Waals surface area contributed by atoms with Gasteiger partial charge in [-0.3, -0.25) is 13.9 Å². The molecule has 2 amide bonds. The molecule has 1 N–H and O–H groups in total.